The highest BCUT2D eigenvalue weighted by Gasteiger charge is 2.23. The molecule has 0 saturated carbocycles. The molecule has 0 aliphatic carbocycles. The Morgan fingerprint density at radius 2 is 1.83 bits per heavy atom. The first kappa shape index (κ1) is 14.4. The van der Waals surface area contributed by atoms with Crippen LogP contribution in [0.15, 0.2) is 20.4 Å². The molecule has 0 spiro atoms. The molecular formula is C12H11Br2ClN2S. The molecule has 0 bridgehead atoms. The highest BCUT2D eigenvalue weighted by atomic mass is 79.9. The molecule has 18 heavy (non-hydrogen) atoms. The Bertz CT molecular complexity index is 590. The third kappa shape index (κ3) is 2.95. The number of nitrogens with zero attached hydrogens (tertiary/aromatic N) is 2. The van der Waals surface area contributed by atoms with Gasteiger partial charge in [0, 0.05) is 5.41 Å². The molecule has 2 aromatic rings. The molecular weight excluding hydrogens is 399 g/mol. The maximum Gasteiger partial charge on any atom is 0.171 e. The zero-order valence-electron chi connectivity index (χ0n) is 10.1. The van der Waals surface area contributed by atoms with Crippen LogP contribution in [0, 0.1) is 0 Å². The van der Waals surface area contributed by atoms with E-state index < -0.39 is 0 Å². The van der Waals surface area contributed by atoms with Gasteiger partial charge in [0.1, 0.15) is 5.15 Å². The van der Waals surface area contributed by atoms with Crippen LogP contribution in [0.5, 0.6) is 0 Å². The van der Waals surface area contributed by atoms with Crippen LogP contribution in [0.25, 0.3) is 10.7 Å². The summed E-state index contributed by atoms with van der Waals surface area (Å²) in [5.74, 6) is 0.670. The predicted octanol–water partition coefficient (Wildman–Crippen LogP) is 5.68. The normalized spacial score (nSPS) is 11.9. The van der Waals surface area contributed by atoms with Crippen molar-refractivity contribution >= 4 is 54.8 Å². The Labute approximate surface area is 132 Å². The first-order chi connectivity index (χ1) is 8.29. The van der Waals surface area contributed by atoms with E-state index in [1.807, 2.05) is 12.1 Å². The molecule has 2 nitrogen and oxygen atoms in total. The van der Waals surface area contributed by atoms with Crippen molar-refractivity contribution in [2.45, 2.75) is 26.2 Å². The molecule has 0 atom stereocenters. The molecule has 2 aromatic heterocycles. The summed E-state index contributed by atoms with van der Waals surface area (Å²) < 4.78 is 1.83. The van der Waals surface area contributed by atoms with E-state index >= 15 is 0 Å². The lowest BCUT2D eigenvalue weighted by molar-refractivity contribution is 0.564. The Morgan fingerprint density at radius 1 is 1.17 bits per heavy atom. The standard InChI is InChI=1S/C12H11Br2ClN2S/c1-12(2,3)9-8(14)10(15)17-11(16-9)6-4-5-7(13)18-6/h4-5H,1-3H3. The number of hydrogen-bond donors (Lipinski definition) is 0. The van der Waals surface area contributed by atoms with Crippen molar-refractivity contribution in [2.24, 2.45) is 0 Å². The second-order valence-electron chi connectivity index (χ2n) is 4.85. The van der Waals surface area contributed by atoms with E-state index in [1.54, 1.807) is 11.3 Å². The fraction of sp³-hybridized carbons (Fsp3) is 0.333. The average molecular weight is 411 g/mol. The van der Waals surface area contributed by atoms with Crippen LogP contribution in [0.1, 0.15) is 26.5 Å². The molecule has 6 heteroatoms. The first-order valence-electron chi connectivity index (χ1n) is 5.28. The van der Waals surface area contributed by atoms with Crippen molar-refractivity contribution < 1.29 is 0 Å². The second-order valence-corrected chi connectivity index (χ2v) is 8.47. The lowest BCUT2D eigenvalue weighted by Gasteiger charge is -2.20. The molecule has 2 heterocycles. The maximum atomic E-state index is 6.18. The van der Waals surface area contributed by atoms with Gasteiger partial charge in [0.15, 0.2) is 5.82 Å². The quantitative estimate of drug-likeness (QED) is 0.565. The van der Waals surface area contributed by atoms with E-state index in [-0.39, 0.29) is 5.41 Å². The topological polar surface area (TPSA) is 25.8 Å². The molecule has 2 rings (SSSR count). The van der Waals surface area contributed by atoms with Gasteiger partial charge >= 0.3 is 0 Å². The molecule has 0 radical (unpaired) electrons. The highest BCUT2D eigenvalue weighted by Crippen LogP contribution is 2.36. The molecule has 0 N–H and O–H groups in total. The lowest BCUT2D eigenvalue weighted by Crippen LogP contribution is -2.15. The fourth-order valence-corrected chi connectivity index (χ4v) is 3.72. The molecule has 0 aromatic carbocycles. The van der Waals surface area contributed by atoms with Gasteiger partial charge < -0.3 is 0 Å². The molecule has 0 fully saturated rings. The van der Waals surface area contributed by atoms with Crippen molar-refractivity contribution in [1.29, 1.82) is 0 Å². The minimum absolute atomic E-state index is 0.0886. The van der Waals surface area contributed by atoms with E-state index in [4.69, 9.17) is 11.6 Å². The number of hydrogen-bond acceptors (Lipinski definition) is 3. The van der Waals surface area contributed by atoms with Gasteiger partial charge in [-0.15, -0.1) is 11.3 Å². The molecule has 96 valence electrons. The summed E-state index contributed by atoms with van der Waals surface area (Å²) in [4.78, 5) is 9.96. The first-order valence-corrected chi connectivity index (χ1v) is 8.06. The van der Waals surface area contributed by atoms with E-state index in [0.29, 0.717) is 11.0 Å². The predicted molar refractivity (Wildman–Crippen MR) is 84.5 cm³/mol. The summed E-state index contributed by atoms with van der Waals surface area (Å²) >= 11 is 14.7. The van der Waals surface area contributed by atoms with Crippen LogP contribution >= 0.6 is 54.8 Å². The van der Waals surface area contributed by atoms with Crippen molar-refractivity contribution in [3.05, 3.63) is 31.2 Å². The number of thiophene rings is 1. The number of rotatable bonds is 1. The molecule has 0 aliphatic rings. The van der Waals surface area contributed by atoms with Crippen molar-refractivity contribution in [1.82, 2.24) is 9.97 Å². The van der Waals surface area contributed by atoms with Gasteiger partial charge in [-0.3, -0.25) is 0 Å². The van der Waals surface area contributed by atoms with Crippen LogP contribution in [0.4, 0.5) is 0 Å². The Morgan fingerprint density at radius 3 is 2.33 bits per heavy atom. The van der Waals surface area contributed by atoms with Crippen molar-refractivity contribution in [3.63, 3.8) is 0 Å². The van der Waals surface area contributed by atoms with Crippen LogP contribution in [-0.2, 0) is 5.41 Å². The van der Waals surface area contributed by atoms with Gasteiger partial charge in [-0.1, -0.05) is 32.4 Å². The van der Waals surface area contributed by atoms with E-state index in [9.17, 15) is 0 Å². The van der Waals surface area contributed by atoms with Crippen LogP contribution in [-0.4, -0.2) is 9.97 Å². The lowest BCUT2D eigenvalue weighted by atomic mass is 9.92. The Kier molecular flexibility index (Phi) is 4.17. The summed E-state index contributed by atoms with van der Waals surface area (Å²) in [6, 6.07) is 3.97. The van der Waals surface area contributed by atoms with Gasteiger partial charge in [-0.25, -0.2) is 9.97 Å². The van der Waals surface area contributed by atoms with E-state index in [0.717, 1.165) is 18.8 Å². The third-order valence-corrected chi connectivity index (χ3v) is 5.19. The number of aromatic nitrogens is 2. The summed E-state index contributed by atoms with van der Waals surface area (Å²) in [5, 5.41) is 0.453. The minimum Gasteiger partial charge on any atom is -0.231 e. The largest absolute Gasteiger partial charge is 0.231 e. The molecule has 0 unspecified atom stereocenters. The van der Waals surface area contributed by atoms with Crippen LogP contribution in [0.3, 0.4) is 0 Å². The smallest absolute Gasteiger partial charge is 0.171 e. The highest BCUT2D eigenvalue weighted by molar-refractivity contribution is 9.11. The van der Waals surface area contributed by atoms with Gasteiger partial charge in [0.25, 0.3) is 0 Å². The summed E-state index contributed by atoms with van der Waals surface area (Å²) in [5.41, 5.74) is 0.830. The van der Waals surface area contributed by atoms with E-state index in [1.165, 1.54) is 0 Å². The number of halogens is 3. The van der Waals surface area contributed by atoms with Crippen molar-refractivity contribution in [2.75, 3.05) is 0 Å². The van der Waals surface area contributed by atoms with Gasteiger partial charge in [-0.2, -0.15) is 0 Å². The molecule has 0 saturated heterocycles. The zero-order valence-corrected chi connectivity index (χ0v) is 14.8. The average Bonchev–Trinajstić information content (AvgIpc) is 2.67. The second kappa shape index (κ2) is 5.19. The Balaban J connectivity index is 2.61. The SMILES string of the molecule is CC(C)(C)c1nc(-c2ccc(Br)s2)nc(Cl)c1Br. The van der Waals surface area contributed by atoms with E-state index in [2.05, 4.69) is 62.6 Å². The molecule has 0 amide bonds. The maximum absolute atomic E-state index is 6.18. The summed E-state index contributed by atoms with van der Waals surface area (Å²) in [6.45, 7) is 6.31. The van der Waals surface area contributed by atoms with Gasteiger partial charge in [0.2, 0.25) is 0 Å². The van der Waals surface area contributed by atoms with Gasteiger partial charge in [-0.05, 0) is 44.0 Å². The van der Waals surface area contributed by atoms with Crippen molar-refractivity contribution in [3.8, 4) is 10.7 Å². The Hall–Kier alpha value is 0.0300. The minimum atomic E-state index is -0.0886. The summed E-state index contributed by atoms with van der Waals surface area (Å²) in [6.07, 6.45) is 0. The van der Waals surface area contributed by atoms with Crippen LogP contribution < -0.4 is 0 Å². The fourth-order valence-electron chi connectivity index (χ4n) is 1.46. The van der Waals surface area contributed by atoms with Gasteiger partial charge in [0.05, 0.1) is 18.8 Å². The zero-order chi connectivity index (χ0) is 13.5. The van der Waals surface area contributed by atoms with Crippen LogP contribution in [0.2, 0.25) is 5.15 Å². The molecule has 0 aliphatic heterocycles. The monoisotopic (exact) mass is 408 g/mol. The summed E-state index contributed by atoms with van der Waals surface area (Å²) in [7, 11) is 0. The third-order valence-electron chi connectivity index (χ3n) is 2.31.